The van der Waals surface area contributed by atoms with Gasteiger partial charge in [-0.05, 0) is 54.7 Å². The first-order valence-corrected chi connectivity index (χ1v) is 10.9. The Morgan fingerprint density at radius 3 is 2.59 bits per heavy atom. The van der Waals surface area contributed by atoms with Crippen LogP contribution < -0.4 is 10.6 Å². The van der Waals surface area contributed by atoms with Crippen molar-refractivity contribution in [3.63, 3.8) is 0 Å². The Labute approximate surface area is 176 Å². The maximum Gasteiger partial charge on any atom is 0.256 e. The second-order valence-electron chi connectivity index (χ2n) is 8.76. The summed E-state index contributed by atoms with van der Waals surface area (Å²) in [6.45, 7) is 8.75. The summed E-state index contributed by atoms with van der Waals surface area (Å²) < 4.78 is 0. The monoisotopic (exact) mass is 414 g/mol. The van der Waals surface area contributed by atoms with Gasteiger partial charge in [0.15, 0.2) is 0 Å². The van der Waals surface area contributed by atoms with Crippen molar-refractivity contribution in [2.24, 2.45) is 11.3 Å². The second kappa shape index (κ2) is 8.67. The molecule has 1 heterocycles. The zero-order valence-electron chi connectivity index (χ0n) is 17.6. The Morgan fingerprint density at radius 1 is 1.21 bits per heavy atom. The summed E-state index contributed by atoms with van der Waals surface area (Å²) in [7, 11) is 0. The summed E-state index contributed by atoms with van der Waals surface area (Å²) in [6.07, 6.45) is 2.78. The van der Waals surface area contributed by atoms with Gasteiger partial charge in [0, 0.05) is 17.0 Å². The van der Waals surface area contributed by atoms with E-state index in [0.29, 0.717) is 22.0 Å². The predicted octanol–water partition coefficient (Wildman–Crippen LogP) is 4.18. The molecule has 0 aliphatic heterocycles. The van der Waals surface area contributed by atoms with E-state index in [-0.39, 0.29) is 30.4 Å². The van der Waals surface area contributed by atoms with Crippen LogP contribution in [0.3, 0.4) is 0 Å². The average Bonchev–Trinajstić information content (AvgIpc) is 3.02. The van der Waals surface area contributed by atoms with E-state index in [2.05, 4.69) is 31.4 Å². The SMILES string of the molecule is Cc1ccccc1C(=O)Nc1sc2c(c1C(=O)NCCO)CCC(C(C)(C)C)C2. The fourth-order valence-corrected chi connectivity index (χ4v) is 5.23. The van der Waals surface area contributed by atoms with E-state index in [4.69, 9.17) is 5.11 Å². The van der Waals surface area contributed by atoms with Crippen LogP contribution in [0.2, 0.25) is 0 Å². The summed E-state index contributed by atoms with van der Waals surface area (Å²) in [5.41, 5.74) is 3.31. The molecule has 1 unspecified atom stereocenters. The zero-order chi connectivity index (χ0) is 21.2. The quantitative estimate of drug-likeness (QED) is 0.687. The van der Waals surface area contributed by atoms with Crippen LogP contribution in [0.25, 0.3) is 0 Å². The predicted molar refractivity (Wildman–Crippen MR) is 118 cm³/mol. The molecule has 1 atom stereocenters. The van der Waals surface area contributed by atoms with Crippen molar-refractivity contribution in [3.8, 4) is 0 Å². The van der Waals surface area contributed by atoms with Crippen molar-refractivity contribution in [2.45, 2.75) is 47.0 Å². The molecule has 0 bridgehead atoms. The fourth-order valence-electron chi connectivity index (χ4n) is 3.91. The van der Waals surface area contributed by atoms with Gasteiger partial charge in [0.2, 0.25) is 0 Å². The lowest BCUT2D eigenvalue weighted by molar-refractivity contribution is 0.0944. The number of hydrogen-bond acceptors (Lipinski definition) is 4. The Bertz CT molecular complexity index is 911. The Kier molecular flexibility index (Phi) is 6.44. The van der Waals surface area contributed by atoms with Crippen LogP contribution in [0.15, 0.2) is 24.3 Å². The number of amides is 2. The van der Waals surface area contributed by atoms with Crippen molar-refractivity contribution in [1.82, 2.24) is 5.32 Å². The molecule has 1 aliphatic rings. The third kappa shape index (κ3) is 4.70. The summed E-state index contributed by atoms with van der Waals surface area (Å²) >= 11 is 1.52. The highest BCUT2D eigenvalue weighted by atomic mass is 32.1. The molecule has 0 spiro atoms. The maximum absolute atomic E-state index is 12.9. The molecule has 1 aromatic heterocycles. The van der Waals surface area contributed by atoms with E-state index in [1.807, 2.05) is 25.1 Å². The first-order chi connectivity index (χ1) is 13.7. The van der Waals surface area contributed by atoms with Gasteiger partial charge >= 0.3 is 0 Å². The van der Waals surface area contributed by atoms with E-state index in [1.165, 1.54) is 16.2 Å². The molecule has 2 aromatic rings. The van der Waals surface area contributed by atoms with E-state index >= 15 is 0 Å². The molecule has 1 aromatic carbocycles. The molecule has 6 heteroatoms. The third-order valence-electron chi connectivity index (χ3n) is 5.73. The standard InChI is InChI=1S/C23H30N2O3S/c1-14-7-5-6-8-16(14)20(27)25-22-19(21(28)24-11-12-26)17-10-9-15(23(2,3)4)13-18(17)29-22/h5-8,15,26H,9-13H2,1-4H3,(H,24,28)(H,25,27). The van der Waals surface area contributed by atoms with Crippen molar-refractivity contribution in [2.75, 3.05) is 18.5 Å². The summed E-state index contributed by atoms with van der Waals surface area (Å²) in [5.74, 6) is 0.109. The number of fused-ring (bicyclic) bond motifs is 1. The minimum atomic E-state index is -0.231. The van der Waals surface area contributed by atoms with Crippen molar-refractivity contribution in [1.29, 1.82) is 0 Å². The van der Waals surface area contributed by atoms with Crippen LogP contribution in [0.5, 0.6) is 0 Å². The number of aryl methyl sites for hydroxylation is 1. The molecular formula is C23H30N2O3S. The topological polar surface area (TPSA) is 78.4 Å². The summed E-state index contributed by atoms with van der Waals surface area (Å²) in [5, 5.41) is 15.4. The smallest absolute Gasteiger partial charge is 0.256 e. The summed E-state index contributed by atoms with van der Waals surface area (Å²) in [4.78, 5) is 26.9. The number of aliphatic hydroxyl groups is 1. The van der Waals surface area contributed by atoms with Crippen molar-refractivity contribution < 1.29 is 14.7 Å². The van der Waals surface area contributed by atoms with E-state index in [0.717, 1.165) is 30.4 Å². The third-order valence-corrected chi connectivity index (χ3v) is 6.90. The maximum atomic E-state index is 12.9. The molecule has 156 valence electrons. The number of nitrogens with one attached hydrogen (secondary N) is 2. The van der Waals surface area contributed by atoms with Crippen LogP contribution in [0.4, 0.5) is 5.00 Å². The van der Waals surface area contributed by atoms with Crippen LogP contribution in [0.1, 0.15) is 63.9 Å². The van der Waals surface area contributed by atoms with Crippen molar-refractivity contribution in [3.05, 3.63) is 51.4 Å². The number of anilines is 1. The molecule has 2 amide bonds. The number of carbonyl (C=O) groups is 2. The van der Waals surface area contributed by atoms with Gasteiger partial charge in [-0.2, -0.15) is 0 Å². The molecule has 3 rings (SSSR count). The Balaban J connectivity index is 1.95. The Morgan fingerprint density at radius 2 is 1.93 bits per heavy atom. The van der Waals surface area contributed by atoms with Gasteiger partial charge in [-0.3, -0.25) is 9.59 Å². The highest BCUT2D eigenvalue weighted by Crippen LogP contribution is 2.44. The van der Waals surface area contributed by atoms with Gasteiger partial charge in [0.25, 0.3) is 11.8 Å². The number of benzene rings is 1. The highest BCUT2D eigenvalue weighted by molar-refractivity contribution is 7.17. The van der Waals surface area contributed by atoms with Gasteiger partial charge in [-0.1, -0.05) is 39.0 Å². The second-order valence-corrected chi connectivity index (χ2v) is 9.87. The van der Waals surface area contributed by atoms with E-state index in [9.17, 15) is 9.59 Å². The normalized spacial score (nSPS) is 16.2. The van der Waals surface area contributed by atoms with Gasteiger partial charge in [0.05, 0.1) is 12.2 Å². The molecule has 0 fully saturated rings. The van der Waals surface area contributed by atoms with Crippen LogP contribution in [-0.4, -0.2) is 30.1 Å². The van der Waals surface area contributed by atoms with E-state index in [1.54, 1.807) is 6.07 Å². The van der Waals surface area contributed by atoms with Gasteiger partial charge in [0.1, 0.15) is 5.00 Å². The molecular weight excluding hydrogens is 384 g/mol. The minimum absolute atomic E-state index is 0.116. The van der Waals surface area contributed by atoms with Crippen LogP contribution in [0, 0.1) is 18.3 Å². The molecule has 5 nitrogen and oxygen atoms in total. The summed E-state index contributed by atoms with van der Waals surface area (Å²) in [6, 6.07) is 7.43. The molecule has 0 saturated heterocycles. The molecule has 29 heavy (non-hydrogen) atoms. The highest BCUT2D eigenvalue weighted by Gasteiger charge is 2.34. The first-order valence-electron chi connectivity index (χ1n) is 10.1. The zero-order valence-corrected chi connectivity index (χ0v) is 18.4. The van der Waals surface area contributed by atoms with Crippen LogP contribution >= 0.6 is 11.3 Å². The largest absolute Gasteiger partial charge is 0.395 e. The minimum Gasteiger partial charge on any atom is -0.395 e. The lowest BCUT2D eigenvalue weighted by atomic mass is 9.72. The fraction of sp³-hybridized carbons (Fsp3) is 0.478. The Hall–Kier alpha value is -2.18. The van der Waals surface area contributed by atoms with Crippen LogP contribution in [-0.2, 0) is 12.8 Å². The average molecular weight is 415 g/mol. The van der Waals surface area contributed by atoms with Gasteiger partial charge in [-0.15, -0.1) is 11.3 Å². The molecule has 0 saturated carbocycles. The number of rotatable bonds is 5. The number of aliphatic hydroxyl groups excluding tert-OH is 1. The molecule has 1 aliphatic carbocycles. The number of thiophene rings is 1. The van der Waals surface area contributed by atoms with Crippen molar-refractivity contribution >= 4 is 28.2 Å². The lowest BCUT2D eigenvalue weighted by Gasteiger charge is -2.33. The number of hydrogen-bond donors (Lipinski definition) is 3. The number of carbonyl (C=O) groups excluding carboxylic acids is 2. The van der Waals surface area contributed by atoms with Gasteiger partial charge in [-0.25, -0.2) is 0 Å². The first kappa shape index (κ1) is 21.5. The van der Waals surface area contributed by atoms with E-state index < -0.39 is 0 Å². The van der Waals surface area contributed by atoms with Gasteiger partial charge < -0.3 is 15.7 Å². The lowest BCUT2D eigenvalue weighted by Crippen LogP contribution is -2.30. The molecule has 3 N–H and O–H groups in total. The molecule has 0 radical (unpaired) electrons.